The molecule has 8 aromatic carbocycles. The van der Waals surface area contributed by atoms with Gasteiger partial charge in [-0.05, 0) is 80.5 Å². The van der Waals surface area contributed by atoms with Gasteiger partial charge in [0.05, 0.1) is 28.7 Å². The molecular weight excluding hydrogens is 871 g/mol. The van der Waals surface area contributed by atoms with Crippen LogP contribution in [0.5, 0.6) is 17.2 Å². The zero-order valence-electron chi connectivity index (χ0n) is 37.5. The third kappa shape index (κ3) is 7.75. The number of rotatable bonds is 12. The summed E-state index contributed by atoms with van der Waals surface area (Å²) in [5.41, 5.74) is 2.84. The van der Waals surface area contributed by atoms with Crippen LogP contribution in [0.2, 0.25) is 0 Å². The highest BCUT2D eigenvalue weighted by Gasteiger charge is 2.35. The molecule has 0 saturated carbocycles. The summed E-state index contributed by atoms with van der Waals surface area (Å²) in [7, 11) is 1.46. The molecule has 0 spiro atoms. The standard InChI is InChI=1S/C56H47BN2O10/c1-30-13-9-26-42-45(30)40-22-7-8-25-41(40)59(42)35-19-10-18-34(27-35)46(31(2)61)53(66)56(69)58(28-43(62)51(64)47(44(63)29-60)38-23-11-16-32-14-3-5-20-36(32)38)50-54(67)49(57)48(52(65)55(50)68)39-24-12-17-33-15-4-6-21-37(33)39/h3-27,56,60-69H,2,28-29,57H2,1H3/b47-44+,51-43-,53-46-. The first-order valence-corrected chi connectivity index (χ1v) is 22.0. The van der Waals surface area contributed by atoms with Crippen molar-refractivity contribution in [2.45, 2.75) is 13.2 Å². The Kier molecular flexibility index (Phi) is 11.9. The van der Waals surface area contributed by atoms with Crippen LogP contribution >= 0.6 is 0 Å². The van der Waals surface area contributed by atoms with Crippen molar-refractivity contribution < 1.29 is 51.1 Å². The van der Waals surface area contributed by atoms with Crippen molar-refractivity contribution in [3.05, 3.63) is 204 Å². The van der Waals surface area contributed by atoms with Gasteiger partial charge in [0.25, 0.3) is 0 Å². The first kappa shape index (κ1) is 45.4. The van der Waals surface area contributed by atoms with Gasteiger partial charge in [-0.25, -0.2) is 0 Å². The molecule has 0 radical (unpaired) electrons. The molecule has 0 amide bonds. The number of nitrogens with zero attached hydrogens (tertiary/aromatic N) is 2. The van der Waals surface area contributed by atoms with Gasteiger partial charge < -0.3 is 60.5 Å². The zero-order chi connectivity index (χ0) is 48.8. The van der Waals surface area contributed by atoms with Crippen LogP contribution in [-0.4, -0.2) is 82.9 Å². The minimum atomic E-state index is -2.41. The van der Waals surface area contributed by atoms with Gasteiger partial charge in [-0.1, -0.05) is 134 Å². The number of phenolic OH excluding ortho intramolecular Hbond substituents is 3. The normalized spacial score (nSPS) is 13.3. The van der Waals surface area contributed by atoms with Crippen LogP contribution in [0.4, 0.5) is 5.69 Å². The van der Waals surface area contributed by atoms with E-state index in [1.807, 2.05) is 78.2 Å². The Morgan fingerprint density at radius 2 is 1.23 bits per heavy atom. The summed E-state index contributed by atoms with van der Waals surface area (Å²) < 4.78 is 2.02. The maximum Gasteiger partial charge on any atom is 0.187 e. The van der Waals surface area contributed by atoms with Gasteiger partial charge in [-0.15, -0.1) is 0 Å². The van der Waals surface area contributed by atoms with Gasteiger partial charge in [-0.3, -0.25) is 0 Å². The number of hydrogen-bond acceptors (Lipinski definition) is 11. The third-order valence-corrected chi connectivity index (χ3v) is 12.7. The number of aryl methyl sites for hydroxylation is 1. The fourth-order valence-corrected chi connectivity index (χ4v) is 9.49. The Morgan fingerprint density at radius 3 is 1.94 bits per heavy atom. The van der Waals surface area contributed by atoms with E-state index in [-0.39, 0.29) is 33.3 Å². The van der Waals surface area contributed by atoms with Gasteiger partial charge in [0.15, 0.2) is 35.0 Å². The summed E-state index contributed by atoms with van der Waals surface area (Å²) in [5, 5.41) is 122. The molecule has 1 unspecified atom stereocenters. The van der Waals surface area contributed by atoms with E-state index in [9.17, 15) is 51.1 Å². The lowest BCUT2D eigenvalue weighted by atomic mass is 9.82. The SMILES string of the molecule is Bc1c(O)c(N(C/C(O)=C(O)\C(=C(\O)CO)c2cccc3ccccc23)C(O)/C(O)=C(\C(=C)O)c2cccc(-n3c4ccccc4c4c(C)cccc43)c2)c(O)c(O)c1-c1cccc2ccccc12. The Hall–Kier alpha value is -8.78. The van der Waals surface area contributed by atoms with Crippen LogP contribution in [0.1, 0.15) is 16.7 Å². The summed E-state index contributed by atoms with van der Waals surface area (Å²) >= 11 is 0. The molecule has 10 N–H and O–H groups in total. The number of hydrogen-bond donors (Lipinski definition) is 10. The van der Waals surface area contributed by atoms with E-state index in [0.717, 1.165) is 32.8 Å². The van der Waals surface area contributed by atoms with Gasteiger partial charge in [-0.2, -0.15) is 0 Å². The minimum Gasteiger partial charge on any atom is -0.509 e. The van der Waals surface area contributed by atoms with E-state index < -0.39 is 71.1 Å². The molecule has 1 atom stereocenters. The number of aromatic hydroxyl groups is 3. The minimum absolute atomic E-state index is 0.0141. The molecule has 0 aliphatic carbocycles. The second-order valence-electron chi connectivity index (χ2n) is 16.8. The number of para-hydroxylation sites is 1. The summed E-state index contributed by atoms with van der Waals surface area (Å²) in [5.74, 6) is -6.82. The summed E-state index contributed by atoms with van der Waals surface area (Å²) in [4.78, 5) is 0.699. The molecule has 1 heterocycles. The van der Waals surface area contributed by atoms with Crippen molar-refractivity contribution >= 4 is 73.5 Å². The van der Waals surface area contributed by atoms with Gasteiger partial charge in [0.2, 0.25) is 0 Å². The van der Waals surface area contributed by atoms with Crippen LogP contribution in [0.15, 0.2) is 187 Å². The molecule has 12 nitrogen and oxygen atoms in total. The largest absolute Gasteiger partial charge is 0.509 e. The number of fused-ring (bicyclic) bond motifs is 5. The predicted molar refractivity (Wildman–Crippen MR) is 276 cm³/mol. The van der Waals surface area contributed by atoms with Crippen molar-refractivity contribution in [3.63, 3.8) is 0 Å². The fraction of sp³-hybridized carbons (Fsp3) is 0.0714. The first-order chi connectivity index (χ1) is 33.2. The smallest absolute Gasteiger partial charge is 0.187 e. The molecule has 0 bridgehead atoms. The Labute approximate surface area is 396 Å². The molecule has 9 aromatic rings. The van der Waals surface area contributed by atoms with E-state index in [1.54, 1.807) is 84.9 Å². The van der Waals surface area contributed by atoms with E-state index in [1.165, 1.54) is 7.85 Å². The molecule has 344 valence electrons. The number of phenols is 3. The average Bonchev–Trinajstić information content (AvgIpc) is 3.71. The number of aliphatic hydroxyl groups excluding tert-OH is 7. The first-order valence-electron chi connectivity index (χ1n) is 22.0. The van der Waals surface area contributed by atoms with E-state index >= 15 is 0 Å². The average molecular weight is 919 g/mol. The van der Waals surface area contributed by atoms with Crippen LogP contribution in [0.3, 0.4) is 0 Å². The Bertz CT molecular complexity index is 3610. The lowest BCUT2D eigenvalue weighted by molar-refractivity contribution is 0.146. The third-order valence-electron chi connectivity index (χ3n) is 12.7. The lowest BCUT2D eigenvalue weighted by Gasteiger charge is -2.33. The second-order valence-corrected chi connectivity index (χ2v) is 16.8. The predicted octanol–water partition coefficient (Wildman–Crippen LogP) is 9.90. The van der Waals surface area contributed by atoms with Crippen LogP contribution < -0.4 is 10.4 Å². The molecule has 0 fully saturated rings. The monoisotopic (exact) mass is 918 g/mol. The van der Waals surface area contributed by atoms with E-state index in [2.05, 4.69) is 6.58 Å². The molecular formula is C56H47BN2O10. The second kappa shape index (κ2) is 18.1. The summed E-state index contributed by atoms with van der Waals surface area (Å²) in [6.45, 7) is 3.71. The zero-order valence-corrected chi connectivity index (χ0v) is 37.5. The van der Waals surface area contributed by atoms with Crippen molar-refractivity contribution in [3.8, 4) is 34.1 Å². The van der Waals surface area contributed by atoms with Gasteiger partial charge in [0.1, 0.15) is 37.4 Å². The topological polar surface area (TPSA) is 210 Å². The van der Waals surface area contributed by atoms with E-state index in [4.69, 9.17) is 0 Å². The highest BCUT2D eigenvalue weighted by Crippen LogP contribution is 2.49. The number of benzene rings is 8. The van der Waals surface area contributed by atoms with Gasteiger partial charge in [0, 0.05) is 22.0 Å². The maximum absolute atomic E-state index is 12.5. The molecule has 9 rings (SSSR count). The maximum atomic E-state index is 12.5. The number of aliphatic hydroxyl groups is 7. The van der Waals surface area contributed by atoms with E-state index in [0.29, 0.717) is 32.3 Å². The van der Waals surface area contributed by atoms with Crippen molar-refractivity contribution in [1.29, 1.82) is 0 Å². The molecule has 0 aliphatic rings. The summed E-state index contributed by atoms with van der Waals surface area (Å²) in [6.07, 6.45) is -2.41. The Balaban J connectivity index is 1.24. The highest BCUT2D eigenvalue weighted by atomic mass is 16.3. The van der Waals surface area contributed by atoms with Crippen molar-refractivity contribution in [2.24, 2.45) is 0 Å². The highest BCUT2D eigenvalue weighted by molar-refractivity contribution is 6.40. The van der Waals surface area contributed by atoms with Crippen molar-refractivity contribution in [1.82, 2.24) is 4.57 Å². The lowest BCUT2D eigenvalue weighted by Crippen LogP contribution is -2.40. The molecule has 0 aliphatic heterocycles. The summed E-state index contributed by atoms with van der Waals surface area (Å²) in [6, 6.07) is 45.1. The van der Waals surface area contributed by atoms with Crippen LogP contribution in [0.25, 0.3) is 71.3 Å². The fourth-order valence-electron chi connectivity index (χ4n) is 9.49. The number of allylic oxidation sites excluding steroid dienone is 2. The van der Waals surface area contributed by atoms with Crippen molar-refractivity contribution in [2.75, 3.05) is 18.1 Å². The van der Waals surface area contributed by atoms with Gasteiger partial charge >= 0.3 is 0 Å². The van der Waals surface area contributed by atoms with Crippen LogP contribution in [0, 0.1) is 6.92 Å². The molecule has 13 heteroatoms. The van der Waals surface area contributed by atoms with Crippen LogP contribution in [-0.2, 0) is 0 Å². The molecule has 1 aromatic heterocycles. The molecule has 69 heavy (non-hydrogen) atoms. The Morgan fingerprint density at radius 1 is 0.638 bits per heavy atom. The number of anilines is 1. The quantitative estimate of drug-likeness (QED) is 0.0139. The number of aromatic nitrogens is 1. The molecule has 0 saturated heterocycles.